The normalized spacial score (nSPS) is 10.1. The van der Waals surface area contributed by atoms with Crippen LogP contribution in [0.2, 0.25) is 0 Å². The SMILES string of the molecule is CN(CCOc1ccccc1F)C(=O)CCCCNC(N)=O. The van der Waals surface area contributed by atoms with Gasteiger partial charge in [0.25, 0.3) is 0 Å². The lowest BCUT2D eigenvalue weighted by Crippen LogP contribution is -2.31. The molecule has 1 aromatic carbocycles. The van der Waals surface area contributed by atoms with Crippen LogP contribution in [0, 0.1) is 5.82 Å². The van der Waals surface area contributed by atoms with Gasteiger partial charge in [-0.15, -0.1) is 0 Å². The number of unbranched alkanes of at least 4 members (excludes halogenated alkanes) is 1. The van der Waals surface area contributed by atoms with Crippen LogP contribution in [0.3, 0.4) is 0 Å². The van der Waals surface area contributed by atoms with Crippen molar-refractivity contribution >= 4 is 11.9 Å². The smallest absolute Gasteiger partial charge is 0.312 e. The van der Waals surface area contributed by atoms with Gasteiger partial charge in [0.1, 0.15) is 6.61 Å². The second kappa shape index (κ2) is 9.59. The van der Waals surface area contributed by atoms with E-state index in [0.717, 1.165) is 0 Å². The maximum absolute atomic E-state index is 13.3. The molecule has 0 saturated carbocycles. The minimum absolute atomic E-state index is 0.0174. The van der Waals surface area contributed by atoms with Gasteiger partial charge in [-0.05, 0) is 25.0 Å². The lowest BCUT2D eigenvalue weighted by atomic mass is 10.2. The van der Waals surface area contributed by atoms with Gasteiger partial charge in [0.15, 0.2) is 11.6 Å². The molecule has 122 valence electrons. The summed E-state index contributed by atoms with van der Waals surface area (Å²) in [5, 5.41) is 2.46. The number of rotatable bonds is 9. The number of carbonyl (C=O) groups is 2. The van der Waals surface area contributed by atoms with Gasteiger partial charge in [0, 0.05) is 20.0 Å². The van der Waals surface area contributed by atoms with Crippen LogP contribution in [0.4, 0.5) is 9.18 Å². The first kappa shape index (κ1) is 17.7. The number of para-hydroxylation sites is 1. The predicted molar refractivity (Wildman–Crippen MR) is 81.0 cm³/mol. The van der Waals surface area contributed by atoms with Crippen molar-refractivity contribution in [2.24, 2.45) is 5.73 Å². The summed E-state index contributed by atoms with van der Waals surface area (Å²) in [4.78, 5) is 23.8. The standard InChI is InChI=1S/C15H22FN3O3/c1-19(14(20)8-4-5-9-18-15(17)21)10-11-22-13-7-3-2-6-12(13)16/h2-3,6-7H,4-5,8-11H2,1H3,(H3,17,18,21). The number of carbonyl (C=O) groups excluding carboxylic acids is 2. The average molecular weight is 311 g/mol. The molecule has 0 aliphatic heterocycles. The summed E-state index contributed by atoms with van der Waals surface area (Å²) in [6, 6.07) is 5.58. The third-order valence-corrected chi connectivity index (χ3v) is 3.06. The molecule has 0 unspecified atom stereocenters. The molecule has 6 nitrogen and oxygen atoms in total. The molecule has 0 saturated heterocycles. The zero-order valence-corrected chi connectivity index (χ0v) is 12.7. The predicted octanol–water partition coefficient (Wildman–Crippen LogP) is 1.50. The van der Waals surface area contributed by atoms with Crippen LogP contribution in [0.15, 0.2) is 24.3 Å². The Morgan fingerprint density at radius 2 is 2.05 bits per heavy atom. The summed E-state index contributed by atoms with van der Waals surface area (Å²) in [7, 11) is 1.68. The lowest BCUT2D eigenvalue weighted by molar-refractivity contribution is -0.130. The number of halogens is 1. The number of hydrogen-bond acceptors (Lipinski definition) is 3. The van der Waals surface area contributed by atoms with Gasteiger partial charge in [0.05, 0.1) is 6.54 Å². The Morgan fingerprint density at radius 3 is 2.73 bits per heavy atom. The van der Waals surface area contributed by atoms with Crippen molar-refractivity contribution in [3.05, 3.63) is 30.1 Å². The molecule has 0 heterocycles. The van der Waals surface area contributed by atoms with Crippen molar-refractivity contribution in [3.8, 4) is 5.75 Å². The van der Waals surface area contributed by atoms with Crippen LogP contribution in [0.25, 0.3) is 0 Å². The van der Waals surface area contributed by atoms with Gasteiger partial charge < -0.3 is 20.7 Å². The lowest BCUT2D eigenvalue weighted by Gasteiger charge is -2.17. The highest BCUT2D eigenvalue weighted by molar-refractivity contribution is 5.75. The van der Waals surface area contributed by atoms with Crippen molar-refractivity contribution in [2.75, 3.05) is 26.7 Å². The molecular weight excluding hydrogens is 289 g/mol. The molecule has 0 radical (unpaired) electrons. The third-order valence-electron chi connectivity index (χ3n) is 3.06. The first-order valence-corrected chi connectivity index (χ1v) is 7.15. The fourth-order valence-electron chi connectivity index (χ4n) is 1.78. The zero-order chi connectivity index (χ0) is 16.4. The summed E-state index contributed by atoms with van der Waals surface area (Å²) < 4.78 is 18.6. The summed E-state index contributed by atoms with van der Waals surface area (Å²) >= 11 is 0. The molecule has 0 fully saturated rings. The summed E-state index contributed by atoms with van der Waals surface area (Å²) in [6.07, 6.45) is 1.74. The molecule has 0 aliphatic carbocycles. The van der Waals surface area contributed by atoms with Crippen molar-refractivity contribution in [1.29, 1.82) is 0 Å². The second-order valence-corrected chi connectivity index (χ2v) is 4.84. The van der Waals surface area contributed by atoms with Crippen LogP contribution >= 0.6 is 0 Å². The van der Waals surface area contributed by atoms with Crippen LogP contribution in [0.1, 0.15) is 19.3 Å². The van der Waals surface area contributed by atoms with Crippen molar-refractivity contribution in [2.45, 2.75) is 19.3 Å². The van der Waals surface area contributed by atoms with E-state index < -0.39 is 11.8 Å². The Balaban J connectivity index is 2.16. The monoisotopic (exact) mass is 311 g/mol. The van der Waals surface area contributed by atoms with E-state index in [2.05, 4.69) is 5.32 Å². The number of primary amides is 1. The van der Waals surface area contributed by atoms with Gasteiger partial charge in [-0.2, -0.15) is 0 Å². The molecule has 3 N–H and O–H groups in total. The first-order valence-electron chi connectivity index (χ1n) is 7.15. The van der Waals surface area contributed by atoms with E-state index in [1.54, 1.807) is 30.1 Å². The minimum Gasteiger partial charge on any atom is -0.489 e. The number of ether oxygens (including phenoxy) is 1. The number of hydrogen-bond donors (Lipinski definition) is 2. The Labute approximate surface area is 129 Å². The van der Waals surface area contributed by atoms with Crippen LogP contribution in [0.5, 0.6) is 5.75 Å². The Morgan fingerprint density at radius 1 is 1.32 bits per heavy atom. The molecule has 0 atom stereocenters. The second-order valence-electron chi connectivity index (χ2n) is 4.84. The van der Waals surface area contributed by atoms with Crippen LogP contribution in [-0.2, 0) is 4.79 Å². The number of benzene rings is 1. The Hall–Kier alpha value is -2.31. The van der Waals surface area contributed by atoms with Gasteiger partial charge in [-0.1, -0.05) is 12.1 Å². The van der Waals surface area contributed by atoms with E-state index in [9.17, 15) is 14.0 Å². The van der Waals surface area contributed by atoms with E-state index in [-0.39, 0.29) is 18.3 Å². The molecule has 0 spiro atoms. The highest BCUT2D eigenvalue weighted by Crippen LogP contribution is 2.15. The molecule has 0 aromatic heterocycles. The molecule has 0 aliphatic rings. The summed E-state index contributed by atoms with van der Waals surface area (Å²) in [5.41, 5.74) is 4.93. The van der Waals surface area contributed by atoms with Crippen LogP contribution in [-0.4, -0.2) is 43.6 Å². The van der Waals surface area contributed by atoms with Gasteiger partial charge >= 0.3 is 6.03 Å². The third kappa shape index (κ3) is 6.92. The molecule has 22 heavy (non-hydrogen) atoms. The highest BCUT2D eigenvalue weighted by atomic mass is 19.1. The highest BCUT2D eigenvalue weighted by Gasteiger charge is 2.09. The topological polar surface area (TPSA) is 84.7 Å². The maximum atomic E-state index is 13.3. The molecule has 0 bridgehead atoms. The number of nitrogens with two attached hydrogens (primary N) is 1. The number of amides is 3. The zero-order valence-electron chi connectivity index (χ0n) is 12.7. The van der Waals surface area contributed by atoms with Crippen LogP contribution < -0.4 is 15.8 Å². The van der Waals surface area contributed by atoms with Gasteiger partial charge in [0.2, 0.25) is 5.91 Å². The van der Waals surface area contributed by atoms with Crippen molar-refractivity contribution in [3.63, 3.8) is 0 Å². The number of nitrogens with zero attached hydrogens (tertiary/aromatic N) is 1. The quantitative estimate of drug-likeness (QED) is 0.678. The summed E-state index contributed by atoms with van der Waals surface area (Å²) in [6.45, 7) is 1.07. The Kier molecular flexibility index (Phi) is 7.74. The molecular formula is C15H22FN3O3. The van der Waals surface area contributed by atoms with E-state index >= 15 is 0 Å². The van der Waals surface area contributed by atoms with Gasteiger partial charge in [-0.3, -0.25) is 4.79 Å². The maximum Gasteiger partial charge on any atom is 0.312 e. The molecule has 1 rings (SSSR count). The number of urea groups is 1. The van der Waals surface area contributed by atoms with E-state index in [1.807, 2.05) is 0 Å². The van der Waals surface area contributed by atoms with Gasteiger partial charge in [-0.25, -0.2) is 9.18 Å². The first-order chi connectivity index (χ1) is 10.5. The Bertz CT molecular complexity index is 497. The fourth-order valence-corrected chi connectivity index (χ4v) is 1.78. The molecule has 7 heteroatoms. The fraction of sp³-hybridized carbons (Fsp3) is 0.467. The molecule has 3 amide bonds. The number of likely N-dealkylation sites (N-methyl/N-ethyl adjacent to an activating group) is 1. The average Bonchev–Trinajstić information content (AvgIpc) is 2.48. The van der Waals surface area contributed by atoms with Crippen molar-refractivity contribution in [1.82, 2.24) is 10.2 Å². The largest absolute Gasteiger partial charge is 0.489 e. The minimum atomic E-state index is -0.561. The van der Waals surface area contributed by atoms with E-state index in [1.165, 1.54) is 6.07 Å². The van der Waals surface area contributed by atoms with E-state index in [0.29, 0.717) is 32.4 Å². The van der Waals surface area contributed by atoms with E-state index in [4.69, 9.17) is 10.5 Å². The van der Waals surface area contributed by atoms with Crippen molar-refractivity contribution < 1.29 is 18.7 Å². The molecule has 1 aromatic rings. The summed E-state index contributed by atoms with van der Waals surface area (Å²) in [5.74, 6) is -0.254. The number of nitrogens with one attached hydrogen (secondary N) is 1.